The molecule has 0 saturated carbocycles. The maximum atomic E-state index is 13.4. The van der Waals surface area contributed by atoms with Crippen LogP contribution in [0.2, 0.25) is 0 Å². The summed E-state index contributed by atoms with van der Waals surface area (Å²) < 4.78 is 16.7. The normalized spacial score (nSPS) is 10.7. The third-order valence-electron chi connectivity index (χ3n) is 5.23. The van der Waals surface area contributed by atoms with Gasteiger partial charge in [0.2, 0.25) is 0 Å². The molecule has 0 aliphatic heterocycles. The maximum absolute atomic E-state index is 13.4. The molecule has 2 amide bonds. The predicted molar refractivity (Wildman–Crippen MR) is 129 cm³/mol. The fraction of sp³-hybridized carbons (Fsp3) is 0. The summed E-state index contributed by atoms with van der Waals surface area (Å²) in [5.41, 5.74) is 2.35. The van der Waals surface area contributed by atoms with E-state index in [1.165, 1.54) is 18.3 Å². The van der Waals surface area contributed by atoms with E-state index in [4.69, 9.17) is 0 Å². The summed E-state index contributed by atoms with van der Waals surface area (Å²) in [7, 11) is 0. The van der Waals surface area contributed by atoms with E-state index in [2.05, 4.69) is 20.7 Å². The molecule has 2 N–H and O–H groups in total. The van der Waals surface area contributed by atoms with Crippen LogP contribution in [0.5, 0.6) is 0 Å². The number of carbonyl (C=O) groups excluding carboxylic acids is 2. The van der Waals surface area contributed by atoms with Crippen LogP contribution in [-0.2, 0) is 0 Å². The fourth-order valence-electron chi connectivity index (χ4n) is 3.57. The van der Waals surface area contributed by atoms with Crippen LogP contribution >= 0.6 is 0 Å². The zero-order valence-corrected chi connectivity index (χ0v) is 18.3. The Kier molecular flexibility index (Phi) is 5.87. The standard InChI is InChI=1S/C26H19FN6O2/c27-19-6-8-22(9-7-19)33-26(32-14-1-2-15-32)23(17-29-33)25(35)31-21-5-3-4-18(16-21)24(34)30-20-10-12-28-13-11-20/h1-17H,(H,31,35)(H,28,30,34). The number of rotatable bonds is 6. The fourth-order valence-corrected chi connectivity index (χ4v) is 3.57. The minimum atomic E-state index is -0.409. The smallest absolute Gasteiger partial charge is 0.261 e. The lowest BCUT2D eigenvalue weighted by atomic mass is 10.1. The number of amides is 2. The number of nitrogens with zero attached hydrogens (tertiary/aromatic N) is 4. The second kappa shape index (κ2) is 9.44. The van der Waals surface area contributed by atoms with Crippen LogP contribution in [0.3, 0.4) is 0 Å². The van der Waals surface area contributed by atoms with E-state index in [9.17, 15) is 14.0 Å². The summed E-state index contributed by atoms with van der Waals surface area (Å²) in [6.07, 6.45) is 8.20. The van der Waals surface area contributed by atoms with Gasteiger partial charge in [0.1, 0.15) is 11.4 Å². The van der Waals surface area contributed by atoms with Gasteiger partial charge in [-0.2, -0.15) is 5.10 Å². The van der Waals surface area contributed by atoms with Gasteiger partial charge in [-0.05, 0) is 66.7 Å². The Hall–Kier alpha value is -5.05. The highest BCUT2D eigenvalue weighted by molar-refractivity contribution is 6.08. The lowest BCUT2D eigenvalue weighted by Gasteiger charge is -2.12. The lowest BCUT2D eigenvalue weighted by Crippen LogP contribution is -2.16. The molecule has 0 saturated heterocycles. The number of benzene rings is 2. The van der Waals surface area contributed by atoms with E-state index in [0.717, 1.165) is 0 Å². The van der Waals surface area contributed by atoms with Gasteiger partial charge in [-0.1, -0.05) is 6.07 Å². The number of hydrogen-bond acceptors (Lipinski definition) is 4. The first kappa shape index (κ1) is 21.8. The van der Waals surface area contributed by atoms with Gasteiger partial charge in [0.25, 0.3) is 11.8 Å². The molecule has 0 bridgehead atoms. The number of carbonyl (C=O) groups is 2. The van der Waals surface area contributed by atoms with Crippen molar-refractivity contribution in [1.82, 2.24) is 19.3 Å². The molecule has 3 aromatic heterocycles. The van der Waals surface area contributed by atoms with Gasteiger partial charge in [-0.15, -0.1) is 0 Å². The molecule has 0 atom stereocenters. The third kappa shape index (κ3) is 4.69. The van der Waals surface area contributed by atoms with Crippen molar-refractivity contribution in [2.24, 2.45) is 0 Å². The highest BCUT2D eigenvalue weighted by Gasteiger charge is 2.20. The molecule has 0 aliphatic carbocycles. The quantitative estimate of drug-likeness (QED) is 0.379. The SMILES string of the molecule is O=C(Nc1ccncc1)c1cccc(NC(=O)c2cnn(-c3ccc(F)cc3)c2-n2cccc2)c1. The minimum absolute atomic E-state index is 0.303. The van der Waals surface area contributed by atoms with E-state index >= 15 is 0 Å². The zero-order valence-electron chi connectivity index (χ0n) is 18.3. The summed E-state index contributed by atoms with van der Waals surface area (Å²) in [4.78, 5) is 29.8. The van der Waals surface area contributed by atoms with Crippen LogP contribution in [0.25, 0.3) is 11.5 Å². The van der Waals surface area contributed by atoms with E-state index in [1.54, 1.807) is 82.6 Å². The van der Waals surface area contributed by atoms with Crippen molar-refractivity contribution >= 4 is 23.2 Å². The molecular formula is C26H19FN6O2. The second-order valence-electron chi connectivity index (χ2n) is 7.59. The molecule has 3 heterocycles. The van der Waals surface area contributed by atoms with Gasteiger partial charge in [-0.25, -0.2) is 9.07 Å². The Morgan fingerprint density at radius 2 is 1.51 bits per heavy atom. The molecule has 35 heavy (non-hydrogen) atoms. The van der Waals surface area contributed by atoms with Gasteiger partial charge >= 0.3 is 0 Å². The Bertz CT molecular complexity index is 1480. The number of nitrogens with one attached hydrogen (secondary N) is 2. The third-order valence-corrected chi connectivity index (χ3v) is 5.23. The molecule has 5 rings (SSSR count). The van der Waals surface area contributed by atoms with E-state index in [0.29, 0.717) is 34.0 Å². The first-order valence-electron chi connectivity index (χ1n) is 10.7. The minimum Gasteiger partial charge on any atom is -0.322 e. The maximum Gasteiger partial charge on any atom is 0.261 e. The second-order valence-corrected chi connectivity index (χ2v) is 7.59. The first-order valence-corrected chi connectivity index (χ1v) is 10.7. The monoisotopic (exact) mass is 466 g/mol. The Balaban J connectivity index is 1.42. The largest absolute Gasteiger partial charge is 0.322 e. The number of anilines is 2. The van der Waals surface area contributed by atoms with E-state index < -0.39 is 5.91 Å². The molecule has 8 nitrogen and oxygen atoms in total. The Labute approximate surface area is 199 Å². The molecule has 0 fully saturated rings. The number of hydrogen-bond donors (Lipinski definition) is 2. The number of aromatic nitrogens is 4. The van der Waals surface area contributed by atoms with Crippen molar-refractivity contribution in [3.8, 4) is 11.5 Å². The molecule has 0 radical (unpaired) electrons. The lowest BCUT2D eigenvalue weighted by molar-refractivity contribution is 0.101. The molecule has 172 valence electrons. The van der Waals surface area contributed by atoms with Crippen LogP contribution in [0.15, 0.2) is 104 Å². The van der Waals surface area contributed by atoms with Crippen molar-refractivity contribution in [2.75, 3.05) is 10.6 Å². The van der Waals surface area contributed by atoms with Gasteiger partial charge < -0.3 is 15.2 Å². The first-order chi connectivity index (χ1) is 17.1. The van der Waals surface area contributed by atoms with Crippen molar-refractivity contribution in [3.05, 3.63) is 121 Å². The van der Waals surface area contributed by atoms with Crippen molar-refractivity contribution < 1.29 is 14.0 Å². The van der Waals surface area contributed by atoms with E-state index in [1.807, 2.05) is 12.1 Å². The number of pyridine rings is 1. The molecule has 0 aliphatic rings. The average molecular weight is 466 g/mol. The van der Waals surface area contributed by atoms with E-state index in [-0.39, 0.29) is 11.7 Å². The van der Waals surface area contributed by atoms with Crippen LogP contribution < -0.4 is 10.6 Å². The molecule has 0 spiro atoms. The highest BCUT2D eigenvalue weighted by Crippen LogP contribution is 2.22. The molecule has 5 aromatic rings. The van der Waals surface area contributed by atoms with Gasteiger partial charge in [-0.3, -0.25) is 14.6 Å². The Morgan fingerprint density at radius 1 is 0.800 bits per heavy atom. The topological polar surface area (TPSA) is 93.8 Å². The summed E-state index contributed by atoms with van der Waals surface area (Å²) in [6, 6.07) is 19.5. The van der Waals surface area contributed by atoms with Gasteiger partial charge in [0.15, 0.2) is 5.82 Å². The van der Waals surface area contributed by atoms with Crippen LogP contribution in [0.4, 0.5) is 15.8 Å². The van der Waals surface area contributed by atoms with Crippen LogP contribution in [0.1, 0.15) is 20.7 Å². The molecular weight excluding hydrogens is 447 g/mol. The van der Waals surface area contributed by atoms with Gasteiger partial charge in [0.05, 0.1) is 11.9 Å². The molecule has 9 heteroatoms. The van der Waals surface area contributed by atoms with Crippen molar-refractivity contribution in [3.63, 3.8) is 0 Å². The van der Waals surface area contributed by atoms with Gasteiger partial charge in [0, 0.05) is 41.7 Å². The predicted octanol–water partition coefficient (Wildman–Crippen LogP) is 4.70. The van der Waals surface area contributed by atoms with Crippen molar-refractivity contribution in [2.45, 2.75) is 0 Å². The summed E-state index contributed by atoms with van der Waals surface area (Å²) in [6.45, 7) is 0. The molecule has 2 aromatic carbocycles. The molecule has 0 unspecified atom stereocenters. The summed E-state index contributed by atoms with van der Waals surface area (Å²) in [5.74, 6) is -0.599. The number of halogens is 1. The highest BCUT2D eigenvalue weighted by atomic mass is 19.1. The summed E-state index contributed by atoms with van der Waals surface area (Å²) in [5, 5.41) is 10.00. The summed E-state index contributed by atoms with van der Waals surface area (Å²) >= 11 is 0. The van der Waals surface area contributed by atoms with Crippen LogP contribution in [0, 0.1) is 5.82 Å². The zero-order chi connectivity index (χ0) is 24.2. The van der Waals surface area contributed by atoms with Crippen LogP contribution in [-0.4, -0.2) is 31.1 Å². The van der Waals surface area contributed by atoms with Crippen molar-refractivity contribution in [1.29, 1.82) is 0 Å². The average Bonchev–Trinajstić information content (AvgIpc) is 3.55. The Morgan fingerprint density at radius 3 is 2.26 bits per heavy atom.